The van der Waals surface area contributed by atoms with Crippen LogP contribution in [0.5, 0.6) is 0 Å². The minimum atomic E-state index is -1.04. The lowest BCUT2D eigenvalue weighted by Gasteiger charge is -2.38. The van der Waals surface area contributed by atoms with Crippen LogP contribution in [-0.4, -0.2) is 78.8 Å². The van der Waals surface area contributed by atoms with Gasteiger partial charge in [-0.1, -0.05) is 91.8 Å². The van der Waals surface area contributed by atoms with Crippen LogP contribution in [0.15, 0.2) is 43.0 Å². The molecule has 0 bridgehead atoms. The second kappa shape index (κ2) is 14.8. The molecule has 0 aromatic heterocycles. The van der Waals surface area contributed by atoms with Gasteiger partial charge in [0.25, 0.3) is 5.91 Å². The SMILES string of the molecule is C=CCNC(=O)C(=O)C(CC)NC(=O)[C@@H]1[C@@H]2[C@H](CN1C(=O)[C@@H](NC(=O)N[C@@H](C(C)C)[C@H](OC)c1ccccc1)C(C)(C)C)C2(C)C. The van der Waals surface area contributed by atoms with Gasteiger partial charge in [0.05, 0.1) is 12.1 Å². The van der Waals surface area contributed by atoms with Crippen LogP contribution in [0.2, 0.25) is 0 Å². The van der Waals surface area contributed by atoms with E-state index in [9.17, 15) is 24.0 Å². The van der Waals surface area contributed by atoms with Crippen LogP contribution in [0.1, 0.15) is 73.5 Å². The minimum absolute atomic E-state index is 0.00812. The lowest BCUT2D eigenvalue weighted by molar-refractivity contribution is -0.145. The van der Waals surface area contributed by atoms with E-state index in [-0.39, 0.29) is 42.0 Å². The molecule has 2 aliphatic rings. The summed E-state index contributed by atoms with van der Waals surface area (Å²) in [6, 6.07) is 5.88. The normalized spacial score (nSPS) is 22.5. The number of nitrogens with zero attached hydrogens (tertiary/aromatic N) is 1. The van der Waals surface area contributed by atoms with Crippen molar-refractivity contribution in [2.75, 3.05) is 20.2 Å². The molecule has 0 radical (unpaired) electrons. The average Bonchev–Trinajstić information content (AvgIpc) is 3.31. The number of likely N-dealkylation sites (tertiary alicyclic amines) is 1. The van der Waals surface area contributed by atoms with Crippen molar-refractivity contribution in [2.45, 2.75) is 92.1 Å². The van der Waals surface area contributed by atoms with Gasteiger partial charge in [-0.25, -0.2) is 4.79 Å². The highest BCUT2D eigenvalue weighted by atomic mass is 16.5. The number of benzene rings is 1. The summed E-state index contributed by atoms with van der Waals surface area (Å²) in [5.74, 6) is -2.43. The zero-order valence-electron chi connectivity index (χ0n) is 28.8. The average molecular weight is 640 g/mol. The maximum Gasteiger partial charge on any atom is 0.315 e. The van der Waals surface area contributed by atoms with Gasteiger partial charge in [-0.15, -0.1) is 6.58 Å². The summed E-state index contributed by atoms with van der Waals surface area (Å²) >= 11 is 0. The first-order valence-electron chi connectivity index (χ1n) is 16.2. The van der Waals surface area contributed by atoms with Gasteiger partial charge in [0.1, 0.15) is 18.2 Å². The second-order valence-electron chi connectivity index (χ2n) is 14.5. The Bertz CT molecular complexity index is 1290. The maximum atomic E-state index is 14.3. The molecule has 1 aliphatic carbocycles. The molecule has 46 heavy (non-hydrogen) atoms. The molecular formula is C35H53N5O6. The van der Waals surface area contributed by atoms with Crippen LogP contribution in [0.4, 0.5) is 4.79 Å². The number of ether oxygens (including phenoxy) is 1. The molecule has 1 aromatic carbocycles. The van der Waals surface area contributed by atoms with Crippen LogP contribution in [-0.2, 0) is 23.9 Å². The number of hydrogen-bond acceptors (Lipinski definition) is 6. The fraction of sp³-hybridized carbons (Fsp3) is 0.629. The van der Waals surface area contributed by atoms with Gasteiger partial charge in [0.2, 0.25) is 17.6 Å². The molecular weight excluding hydrogens is 586 g/mol. The van der Waals surface area contributed by atoms with Crippen LogP contribution in [0.3, 0.4) is 0 Å². The number of nitrogens with one attached hydrogen (secondary N) is 4. The maximum absolute atomic E-state index is 14.3. The van der Waals surface area contributed by atoms with Crippen LogP contribution in [0, 0.1) is 28.6 Å². The number of Topliss-reactive ketones (excluding diaryl/α,β-unsaturated/α-hetero) is 1. The van der Waals surface area contributed by atoms with Gasteiger partial charge < -0.3 is 30.9 Å². The van der Waals surface area contributed by atoms with E-state index in [2.05, 4.69) is 41.7 Å². The smallest absolute Gasteiger partial charge is 0.315 e. The molecule has 3 rings (SSSR count). The van der Waals surface area contributed by atoms with Gasteiger partial charge >= 0.3 is 6.03 Å². The first-order chi connectivity index (χ1) is 21.5. The van der Waals surface area contributed by atoms with E-state index < -0.39 is 59.3 Å². The third kappa shape index (κ3) is 7.97. The van der Waals surface area contributed by atoms with E-state index >= 15 is 0 Å². The summed E-state index contributed by atoms with van der Waals surface area (Å²) in [5, 5.41) is 11.2. The molecule has 1 saturated carbocycles. The Balaban J connectivity index is 1.82. The number of carbonyl (C=O) groups excluding carboxylic acids is 5. The molecule has 1 aliphatic heterocycles. The molecule has 1 saturated heterocycles. The summed E-state index contributed by atoms with van der Waals surface area (Å²) in [5.41, 5.74) is 0.0450. The van der Waals surface area contributed by atoms with E-state index in [0.717, 1.165) is 5.56 Å². The first kappa shape index (κ1) is 36.7. The number of methoxy groups -OCH3 is 1. The molecule has 2 fully saturated rings. The van der Waals surface area contributed by atoms with Crippen molar-refractivity contribution in [1.82, 2.24) is 26.2 Å². The zero-order valence-corrected chi connectivity index (χ0v) is 28.8. The monoisotopic (exact) mass is 639 g/mol. The number of ketones is 1. The predicted octanol–water partition coefficient (Wildman–Crippen LogP) is 3.36. The highest BCUT2D eigenvalue weighted by Gasteiger charge is 2.70. The lowest BCUT2D eigenvalue weighted by atomic mass is 9.85. The molecule has 0 spiro atoms. The minimum Gasteiger partial charge on any atom is -0.375 e. The Kier molecular flexibility index (Phi) is 11.8. The highest BCUT2D eigenvalue weighted by Crippen LogP contribution is 2.65. The van der Waals surface area contributed by atoms with Crippen molar-refractivity contribution in [1.29, 1.82) is 0 Å². The standard InChI is InChI=1S/C35H53N5O6/c1-11-18-36-31(43)27(41)23(12-2)37-30(42)26-24-22(35(24,8)9)19-40(26)32(44)29(34(5,6)7)39-33(45)38-25(20(3)4)28(46-10)21-16-14-13-15-17-21/h11,13-17,20,22-26,28-29H,1,12,18-19H2,2-10H3,(H,36,43)(H,37,42)(H2,38,39,45)/t22-,23?,24-,25-,26-,28+,29+/m0/s1. The van der Waals surface area contributed by atoms with E-state index in [1.54, 1.807) is 18.9 Å². The van der Waals surface area contributed by atoms with Crippen LogP contribution < -0.4 is 21.3 Å². The molecule has 4 N–H and O–H groups in total. The number of hydrogen-bond donors (Lipinski definition) is 4. The Morgan fingerprint density at radius 1 is 1.07 bits per heavy atom. The number of piperidine rings is 1. The van der Waals surface area contributed by atoms with Crippen molar-refractivity contribution in [3.8, 4) is 0 Å². The molecule has 11 heteroatoms. The van der Waals surface area contributed by atoms with Crippen molar-refractivity contribution in [3.63, 3.8) is 0 Å². The number of urea groups is 1. The highest BCUT2D eigenvalue weighted by molar-refractivity contribution is 6.38. The Morgan fingerprint density at radius 2 is 1.70 bits per heavy atom. The molecule has 1 heterocycles. The summed E-state index contributed by atoms with van der Waals surface area (Å²) in [6.45, 7) is 19.4. The van der Waals surface area contributed by atoms with Crippen molar-refractivity contribution in [2.24, 2.45) is 28.6 Å². The number of amides is 5. The Morgan fingerprint density at radius 3 is 2.22 bits per heavy atom. The Labute approximate surface area is 273 Å². The molecule has 11 nitrogen and oxygen atoms in total. The molecule has 1 aromatic rings. The van der Waals surface area contributed by atoms with Crippen LogP contribution in [0.25, 0.3) is 0 Å². The predicted molar refractivity (Wildman–Crippen MR) is 176 cm³/mol. The topological polar surface area (TPSA) is 146 Å². The number of carbonyl (C=O) groups is 5. The number of rotatable bonds is 14. The fourth-order valence-corrected chi connectivity index (χ4v) is 6.70. The van der Waals surface area contributed by atoms with Gasteiger partial charge in [-0.05, 0) is 40.6 Å². The van der Waals surface area contributed by atoms with Crippen molar-refractivity contribution >= 4 is 29.5 Å². The zero-order chi connectivity index (χ0) is 34.6. The first-order valence-corrected chi connectivity index (χ1v) is 16.2. The third-order valence-corrected chi connectivity index (χ3v) is 9.54. The van der Waals surface area contributed by atoms with E-state index in [0.29, 0.717) is 6.54 Å². The molecule has 7 atom stereocenters. The molecule has 5 amide bonds. The fourth-order valence-electron chi connectivity index (χ4n) is 6.70. The quantitative estimate of drug-likeness (QED) is 0.181. The summed E-state index contributed by atoms with van der Waals surface area (Å²) in [4.78, 5) is 68.4. The van der Waals surface area contributed by atoms with E-state index in [4.69, 9.17) is 4.74 Å². The van der Waals surface area contributed by atoms with E-state index in [1.807, 2.05) is 65.0 Å². The second-order valence-corrected chi connectivity index (χ2v) is 14.5. The van der Waals surface area contributed by atoms with Gasteiger partial charge in [-0.2, -0.15) is 0 Å². The van der Waals surface area contributed by atoms with Gasteiger partial charge in [0.15, 0.2) is 0 Å². The van der Waals surface area contributed by atoms with Crippen molar-refractivity contribution in [3.05, 3.63) is 48.6 Å². The van der Waals surface area contributed by atoms with Crippen LogP contribution >= 0.6 is 0 Å². The van der Waals surface area contributed by atoms with E-state index in [1.165, 1.54) is 6.08 Å². The largest absolute Gasteiger partial charge is 0.375 e. The summed E-state index contributed by atoms with van der Waals surface area (Å²) < 4.78 is 5.81. The van der Waals surface area contributed by atoms with Crippen molar-refractivity contribution < 1.29 is 28.7 Å². The third-order valence-electron chi connectivity index (χ3n) is 9.54. The summed E-state index contributed by atoms with van der Waals surface area (Å²) in [7, 11) is 1.60. The summed E-state index contributed by atoms with van der Waals surface area (Å²) in [6.07, 6.45) is 1.26. The number of fused-ring (bicyclic) bond motifs is 1. The molecule has 254 valence electrons. The lowest BCUT2D eigenvalue weighted by Crippen LogP contribution is -2.62. The molecule has 1 unspecified atom stereocenters. The van der Waals surface area contributed by atoms with Gasteiger partial charge in [-0.3, -0.25) is 19.2 Å². The van der Waals surface area contributed by atoms with Gasteiger partial charge in [0, 0.05) is 20.2 Å². The Hall–Kier alpha value is -3.73.